The summed E-state index contributed by atoms with van der Waals surface area (Å²) in [4.78, 5) is 2.04. The Balaban J connectivity index is 0.00000128. The molecule has 1 aliphatic rings. The first-order chi connectivity index (χ1) is 7.15. The molecule has 0 aliphatic carbocycles. The summed E-state index contributed by atoms with van der Waals surface area (Å²) in [5.74, 6) is -0.744. The minimum Gasteiger partial charge on any atom is -0.326 e. The Kier molecular flexibility index (Phi) is 4.65. The highest BCUT2D eigenvalue weighted by atomic mass is 35.5. The van der Waals surface area contributed by atoms with Crippen molar-refractivity contribution in [3.8, 4) is 0 Å². The van der Waals surface area contributed by atoms with Crippen molar-refractivity contribution >= 4 is 12.4 Å². The summed E-state index contributed by atoms with van der Waals surface area (Å²) in [6, 6.07) is 3.72. The van der Waals surface area contributed by atoms with Crippen molar-refractivity contribution in [1.82, 2.24) is 4.90 Å². The van der Waals surface area contributed by atoms with E-state index >= 15 is 0 Å². The average molecular weight is 249 g/mol. The van der Waals surface area contributed by atoms with Crippen LogP contribution in [0.15, 0.2) is 18.2 Å². The van der Waals surface area contributed by atoms with Gasteiger partial charge in [-0.15, -0.1) is 12.4 Å². The normalized spacial score (nSPS) is 20.8. The molecule has 0 radical (unpaired) electrons. The molecule has 0 amide bonds. The maximum atomic E-state index is 13.3. The van der Waals surface area contributed by atoms with Gasteiger partial charge in [-0.05, 0) is 24.6 Å². The van der Waals surface area contributed by atoms with E-state index in [1.165, 1.54) is 12.1 Å². The van der Waals surface area contributed by atoms with Crippen LogP contribution >= 0.6 is 12.4 Å². The summed E-state index contributed by atoms with van der Waals surface area (Å²) in [7, 11) is 0. The van der Waals surface area contributed by atoms with E-state index in [9.17, 15) is 8.78 Å². The van der Waals surface area contributed by atoms with Gasteiger partial charge in [0, 0.05) is 31.2 Å². The Morgan fingerprint density at radius 1 is 1.38 bits per heavy atom. The highest BCUT2D eigenvalue weighted by Crippen LogP contribution is 2.15. The van der Waals surface area contributed by atoms with E-state index in [0.29, 0.717) is 12.1 Å². The van der Waals surface area contributed by atoms with Crippen molar-refractivity contribution in [2.45, 2.75) is 19.0 Å². The lowest BCUT2D eigenvalue weighted by molar-refractivity contribution is 0.320. The third-order valence-electron chi connectivity index (χ3n) is 2.71. The molecule has 1 heterocycles. The van der Waals surface area contributed by atoms with Crippen molar-refractivity contribution in [3.05, 3.63) is 35.4 Å². The van der Waals surface area contributed by atoms with Gasteiger partial charge in [0.25, 0.3) is 0 Å². The molecular formula is C11H15ClF2N2. The molecule has 2 nitrogen and oxygen atoms in total. The fourth-order valence-corrected chi connectivity index (χ4v) is 1.91. The fraction of sp³-hybridized carbons (Fsp3) is 0.455. The molecular weight excluding hydrogens is 234 g/mol. The van der Waals surface area contributed by atoms with Gasteiger partial charge in [-0.1, -0.05) is 0 Å². The van der Waals surface area contributed by atoms with Crippen LogP contribution in [-0.2, 0) is 6.54 Å². The third kappa shape index (κ3) is 3.14. The number of nitrogens with zero attached hydrogens (tertiary/aromatic N) is 1. The molecule has 2 N–H and O–H groups in total. The van der Waals surface area contributed by atoms with Crippen molar-refractivity contribution < 1.29 is 8.78 Å². The van der Waals surface area contributed by atoms with Gasteiger partial charge in [0.05, 0.1) is 0 Å². The van der Waals surface area contributed by atoms with Gasteiger partial charge in [0.15, 0.2) is 0 Å². The summed E-state index contributed by atoms with van der Waals surface area (Å²) in [6.45, 7) is 2.06. The Morgan fingerprint density at radius 2 is 2.12 bits per heavy atom. The van der Waals surface area contributed by atoms with E-state index in [-0.39, 0.29) is 24.3 Å². The van der Waals surface area contributed by atoms with Crippen LogP contribution in [-0.4, -0.2) is 24.0 Å². The van der Waals surface area contributed by atoms with Crippen LogP contribution in [0, 0.1) is 11.6 Å². The van der Waals surface area contributed by atoms with Crippen LogP contribution in [0.5, 0.6) is 0 Å². The Hall–Kier alpha value is -0.710. The molecule has 5 heteroatoms. The molecule has 1 aliphatic heterocycles. The van der Waals surface area contributed by atoms with Crippen molar-refractivity contribution in [1.29, 1.82) is 0 Å². The first-order valence-electron chi connectivity index (χ1n) is 5.07. The molecule has 2 rings (SSSR count). The standard InChI is InChI=1S/C11H14F2N2.ClH/c12-9-1-2-11(13)8(5-9)6-15-4-3-10(14)7-15;/h1-2,5,10H,3-4,6-7,14H2;1H/t10-;/m0./s1. The van der Waals surface area contributed by atoms with Gasteiger partial charge in [-0.2, -0.15) is 0 Å². The largest absolute Gasteiger partial charge is 0.326 e. The molecule has 0 aromatic heterocycles. The third-order valence-corrected chi connectivity index (χ3v) is 2.71. The Bertz CT molecular complexity index is 360. The van der Waals surface area contributed by atoms with Gasteiger partial charge in [0.1, 0.15) is 11.6 Å². The highest BCUT2D eigenvalue weighted by Gasteiger charge is 2.20. The topological polar surface area (TPSA) is 29.3 Å². The zero-order valence-corrected chi connectivity index (χ0v) is 9.64. The lowest BCUT2D eigenvalue weighted by atomic mass is 10.2. The molecule has 0 spiro atoms. The molecule has 1 saturated heterocycles. The smallest absolute Gasteiger partial charge is 0.127 e. The summed E-state index contributed by atoms with van der Waals surface area (Å²) in [6.07, 6.45) is 0.928. The van der Waals surface area contributed by atoms with Crippen LogP contribution in [0.1, 0.15) is 12.0 Å². The fourth-order valence-electron chi connectivity index (χ4n) is 1.91. The van der Waals surface area contributed by atoms with E-state index < -0.39 is 5.82 Å². The molecule has 90 valence electrons. The second-order valence-corrected chi connectivity index (χ2v) is 4.02. The highest BCUT2D eigenvalue weighted by molar-refractivity contribution is 5.85. The molecule has 0 bridgehead atoms. The monoisotopic (exact) mass is 248 g/mol. The number of nitrogens with two attached hydrogens (primary N) is 1. The number of likely N-dealkylation sites (tertiary alicyclic amines) is 1. The van der Waals surface area contributed by atoms with Crippen LogP contribution in [0.2, 0.25) is 0 Å². The number of benzene rings is 1. The van der Waals surface area contributed by atoms with Crippen molar-refractivity contribution in [3.63, 3.8) is 0 Å². The van der Waals surface area contributed by atoms with Crippen molar-refractivity contribution in [2.24, 2.45) is 5.73 Å². The van der Waals surface area contributed by atoms with E-state index in [4.69, 9.17) is 5.73 Å². The second kappa shape index (κ2) is 5.57. The van der Waals surface area contributed by atoms with Crippen LogP contribution in [0.4, 0.5) is 8.78 Å². The number of hydrogen-bond donors (Lipinski definition) is 1. The first-order valence-corrected chi connectivity index (χ1v) is 5.07. The minimum absolute atomic E-state index is 0. The van der Waals surface area contributed by atoms with Gasteiger partial charge in [0.2, 0.25) is 0 Å². The van der Waals surface area contributed by atoms with E-state index in [0.717, 1.165) is 25.6 Å². The predicted molar refractivity (Wildman–Crippen MR) is 61.5 cm³/mol. The molecule has 1 aromatic rings. The van der Waals surface area contributed by atoms with Crippen LogP contribution < -0.4 is 5.73 Å². The zero-order chi connectivity index (χ0) is 10.8. The molecule has 1 aromatic carbocycles. The molecule has 16 heavy (non-hydrogen) atoms. The van der Waals surface area contributed by atoms with E-state index in [1.54, 1.807) is 0 Å². The lowest BCUT2D eigenvalue weighted by Gasteiger charge is -2.15. The summed E-state index contributed by atoms with van der Waals surface area (Å²) in [5, 5.41) is 0. The summed E-state index contributed by atoms with van der Waals surface area (Å²) >= 11 is 0. The SMILES string of the molecule is Cl.N[C@H]1CCN(Cc2cc(F)ccc2F)C1. The molecule has 0 saturated carbocycles. The molecule has 1 atom stereocenters. The lowest BCUT2D eigenvalue weighted by Crippen LogP contribution is -2.26. The maximum absolute atomic E-state index is 13.3. The number of halogens is 3. The van der Waals surface area contributed by atoms with Gasteiger partial charge in [-0.25, -0.2) is 8.78 Å². The van der Waals surface area contributed by atoms with Gasteiger partial charge in [-0.3, -0.25) is 4.90 Å². The van der Waals surface area contributed by atoms with Gasteiger partial charge >= 0.3 is 0 Å². The van der Waals surface area contributed by atoms with Gasteiger partial charge < -0.3 is 5.73 Å². The molecule has 1 fully saturated rings. The maximum Gasteiger partial charge on any atom is 0.127 e. The quantitative estimate of drug-likeness (QED) is 0.867. The van der Waals surface area contributed by atoms with E-state index in [2.05, 4.69) is 0 Å². The first kappa shape index (κ1) is 13.4. The average Bonchev–Trinajstić information content (AvgIpc) is 2.58. The van der Waals surface area contributed by atoms with E-state index in [1.807, 2.05) is 4.90 Å². The van der Waals surface area contributed by atoms with Crippen LogP contribution in [0.3, 0.4) is 0 Å². The second-order valence-electron chi connectivity index (χ2n) is 4.02. The zero-order valence-electron chi connectivity index (χ0n) is 8.83. The number of rotatable bonds is 2. The Labute approximate surface area is 99.8 Å². The minimum atomic E-state index is -0.394. The summed E-state index contributed by atoms with van der Waals surface area (Å²) in [5.41, 5.74) is 6.14. The van der Waals surface area contributed by atoms with Crippen LogP contribution in [0.25, 0.3) is 0 Å². The predicted octanol–water partition coefficient (Wildman–Crippen LogP) is 1.92. The molecule has 0 unspecified atom stereocenters. The summed E-state index contributed by atoms with van der Waals surface area (Å²) < 4.78 is 26.2. The van der Waals surface area contributed by atoms with Crippen molar-refractivity contribution in [2.75, 3.05) is 13.1 Å². The Morgan fingerprint density at radius 3 is 2.75 bits per heavy atom. The number of hydrogen-bond acceptors (Lipinski definition) is 2.